The van der Waals surface area contributed by atoms with Gasteiger partial charge in [-0.1, -0.05) is 65.7 Å². The summed E-state index contributed by atoms with van der Waals surface area (Å²) < 4.78 is 28.8. The number of sulfonamides is 1. The molecule has 1 aliphatic heterocycles. The number of guanidine groups is 1. The predicted molar refractivity (Wildman–Crippen MR) is 143 cm³/mol. The molecule has 1 amide bonds. The summed E-state index contributed by atoms with van der Waals surface area (Å²) in [6.45, 7) is -0.522. The molecule has 3 aromatic rings. The number of hydrazone groups is 1. The first-order valence-electron chi connectivity index (χ1n) is 11.1. The van der Waals surface area contributed by atoms with E-state index in [-0.39, 0.29) is 23.3 Å². The third kappa shape index (κ3) is 6.28. The highest BCUT2D eigenvalue weighted by Crippen LogP contribution is 2.30. The lowest BCUT2D eigenvalue weighted by molar-refractivity contribution is -0.119. The molecule has 0 fully saturated rings. The largest absolute Gasteiger partial charge is 0.394 e. The Morgan fingerprint density at radius 1 is 1.05 bits per heavy atom. The maximum atomic E-state index is 13.2. The summed E-state index contributed by atoms with van der Waals surface area (Å²) >= 11 is 12.0. The van der Waals surface area contributed by atoms with Crippen LogP contribution in [0.15, 0.2) is 93.9 Å². The molecule has 12 heteroatoms. The van der Waals surface area contributed by atoms with Crippen LogP contribution in [0.25, 0.3) is 0 Å². The first-order valence-corrected chi connectivity index (χ1v) is 13.3. The van der Waals surface area contributed by atoms with Crippen LogP contribution in [0, 0.1) is 0 Å². The van der Waals surface area contributed by atoms with Crippen molar-refractivity contribution >= 4 is 50.8 Å². The summed E-state index contributed by atoms with van der Waals surface area (Å²) in [7, 11) is -4.16. The second-order valence-electron chi connectivity index (χ2n) is 8.15. The van der Waals surface area contributed by atoms with E-state index in [2.05, 4.69) is 14.8 Å². The zero-order chi connectivity index (χ0) is 26.6. The van der Waals surface area contributed by atoms with E-state index in [1.807, 2.05) is 42.5 Å². The van der Waals surface area contributed by atoms with Crippen molar-refractivity contribution in [2.24, 2.45) is 15.8 Å². The number of benzene rings is 3. The maximum Gasteiger partial charge on any atom is 0.264 e. The Morgan fingerprint density at radius 2 is 1.65 bits per heavy atom. The van der Waals surface area contributed by atoms with Gasteiger partial charge in [-0.3, -0.25) is 4.79 Å². The van der Waals surface area contributed by atoms with Crippen molar-refractivity contribution in [2.45, 2.75) is 16.9 Å². The molecular formula is C25H23Cl2N5O4S. The number of carbonyl (C=O) groups is 1. The molecule has 0 spiro atoms. The minimum atomic E-state index is -4.16. The molecule has 0 aliphatic carbocycles. The molecular weight excluding hydrogens is 537 g/mol. The van der Waals surface area contributed by atoms with Crippen LogP contribution in [-0.2, 0) is 14.8 Å². The van der Waals surface area contributed by atoms with Crippen molar-refractivity contribution in [1.82, 2.24) is 9.73 Å². The highest BCUT2D eigenvalue weighted by molar-refractivity contribution is 7.90. The highest BCUT2D eigenvalue weighted by Gasteiger charge is 2.34. The van der Waals surface area contributed by atoms with Crippen molar-refractivity contribution in [2.75, 3.05) is 13.2 Å². The minimum absolute atomic E-state index is 0.0788. The van der Waals surface area contributed by atoms with E-state index in [1.54, 1.807) is 12.1 Å². The van der Waals surface area contributed by atoms with Gasteiger partial charge >= 0.3 is 0 Å². The van der Waals surface area contributed by atoms with E-state index in [1.165, 1.54) is 29.3 Å². The van der Waals surface area contributed by atoms with Crippen LogP contribution in [0.3, 0.4) is 0 Å². The number of rotatable bonds is 7. The Balaban J connectivity index is 1.78. The van der Waals surface area contributed by atoms with Crippen molar-refractivity contribution in [1.29, 1.82) is 0 Å². The number of hydrogen-bond donors (Lipinski definition) is 3. The van der Waals surface area contributed by atoms with Crippen molar-refractivity contribution in [3.8, 4) is 0 Å². The monoisotopic (exact) mass is 559 g/mol. The number of nitrogens with zero attached hydrogens (tertiary/aromatic N) is 3. The SMILES string of the molecule is NC(=O)[C@@H](CO)N=C(NS(=O)(=O)c1ccc(Cl)cc1)N1C[C@H](c2ccccc2)C(c2ccc(Cl)cc2)=N1. The summed E-state index contributed by atoms with van der Waals surface area (Å²) in [4.78, 5) is 15.9. The molecule has 0 saturated carbocycles. The smallest absolute Gasteiger partial charge is 0.264 e. The van der Waals surface area contributed by atoms with Crippen LogP contribution >= 0.6 is 23.2 Å². The first-order chi connectivity index (χ1) is 17.7. The van der Waals surface area contributed by atoms with Crippen LogP contribution in [0.1, 0.15) is 17.0 Å². The van der Waals surface area contributed by atoms with Crippen LogP contribution < -0.4 is 10.5 Å². The van der Waals surface area contributed by atoms with Crippen LogP contribution in [0.2, 0.25) is 10.0 Å². The summed E-state index contributed by atoms with van der Waals surface area (Å²) in [5, 5.41) is 16.6. The van der Waals surface area contributed by atoms with Crippen molar-refractivity contribution in [3.05, 3.63) is 100 Å². The lowest BCUT2D eigenvalue weighted by Crippen LogP contribution is -2.44. The molecule has 2 atom stereocenters. The topological polar surface area (TPSA) is 137 Å². The van der Waals surface area contributed by atoms with Gasteiger partial charge in [-0.05, 0) is 47.5 Å². The van der Waals surface area contributed by atoms with E-state index in [4.69, 9.17) is 28.9 Å². The summed E-state index contributed by atoms with van der Waals surface area (Å²) in [5.41, 5.74) is 7.72. The molecule has 37 heavy (non-hydrogen) atoms. The number of aliphatic hydroxyl groups excluding tert-OH is 1. The summed E-state index contributed by atoms with van der Waals surface area (Å²) in [5.74, 6) is -1.46. The number of carbonyl (C=O) groups excluding carboxylic acids is 1. The molecule has 0 radical (unpaired) electrons. The van der Waals surface area contributed by atoms with E-state index < -0.39 is 28.6 Å². The Kier molecular flexibility index (Phi) is 8.13. The summed E-state index contributed by atoms with van der Waals surface area (Å²) in [6.07, 6.45) is 0. The first kappa shape index (κ1) is 26.6. The Morgan fingerprint density at radius 3 is 2.22 bits per heavy atom. The zero-order valence-corrected chi connectivity index (χ0v) is 21.7. The Bertz CT molecular complexity index is 1430. The Hall–Kier alpha value is -3.44. The molecule has 4 N–H and O–H groups in total. The van der Waals surface area contributed by atoms with Gasteiger partial charge in [-0.25, -0.2) is 23.1 Å². The van der Waals surface area contributed by atoms with Gasteiger partial charge in [0.1, 0.15) is 0 Å². The van der Waals surface area contributed by atoms with Crippen molar-refractivity contribution in [3.63, 3.8) is 0 Å². The fraction of sp³-hybridized carbons (Fsp3) is 0.160. The van der Waals surface area contributed by atoms with Gasteiger partial charge in [0.2, 0.25) is 11.9 Å². The van der Waals surface area contributed by atoms with Gasteiger partial charge in [0.25, 0.3) is 10.0 Å². The molecule has 9 nitrogen and oxygen atoms in total. The van der Waals surface area contributed by atoms with Gasteiger partial charge in [0.05, 0.1) is 23.8 Å². The molecule has 0 saturated heterocycles. The number of aliphatic hydroxyl groups is 1. The van der Waals surface area contributed by atoms with Crippen LogP contribution in [0.4, 0.5) is 0 Å². The number of amides is 1. The standard InChI is InChI=1S/C25H23Cl2N5O4S/c26-18-8-6-17(7-9-18)23-21(16-4-2-1-3-5-16)14-32(30-23)25(29-22(15-33)24(28)34)31-37(35,36)20-12-10-19(27)11-13-20/h1-13,21-22,33H,14-15H2,(H2,28,34)(H,29,31)/t21-,22-/m1/s1. The van der Waals surface area contributed by atoms with Crippen LogP contribution in [-0.4, -0.2) is 55.3 Å². The van der Waals surface area contributed by atoms with E-state index in [0.717, 1.165) is 11.1 Å². The lowest BCUT2D eigenvalue weighted by atomic mass is 9.91. The van der Waals surface area contributed by atoms with Gasteiger partial charge in [0, 0.05) is 16.0 Å². The quantitative estimate of drug-likeness (QED) is 0.302. The molecule has 0 bridgehead atoms. The second-order valence-corrected chi connectivity index (χ2v) is 10.7. The van der Waals surface area contributed by atoms with Crippen molar-refractivity contribution < 1.29 is 18.3 Å². The van der Waals surface area contributed by atoms with E-state index in [0.29, 0.717) is 15.8 Å². The molecule has 0 aromatic heterocycles. The fourth-order valence-electron chi connectivity index (χ4n) is 3.74. The number of aliphatic imine (C=N–C) groups is 1. The fourth-order valence-corrected chi connectivity index (χ4v) is 5.01. The zero-order valence-electron chi connectivity index (χ0n) is 19.3. The molecule has 0 unspecified atom stereocenters. The maximum absolute atomic E-state index is 13.2. The second kappa shape index (κ2) is 11.3. The van der Waals surface area contributed by atoms with Gasteiger partial charge in [0.15, 0.2) is 6.04 Å². The number of nitrogens with one attached hydrogen (secondary N) is 1. The highest BCUT2D eigenvalue weighted by atomic mass is 35.5. The van der Waals surface area contributed by atoms with Gasteiger partial charge in [-0.2, -0.15) is 5.10 Å². The third-order valence-corrected chi connectivity index (χ3v) is 7.48. The lowest BCUT2D eigenvalue weighted by Gasteiger charge is -2.21. The van der Waals surface area contributed by atoms with Gasteiger partial charge < -0.3 is 10.8 Å². The average molecular weight is 560 g/mol. The number of hydrogen-bond acceptors (Lipinski definition) is 6. The third-order valence-electron chi connectivity index (χ3n) is 5.63. The molecule has 1 heterocycles. The molecule has 4 rings (SSSR count). The predicted octanol–water partition coefficient (Wildman–Crippen LogP) is 2.98. The normalized spacial score (nSPS) is 16.8. The van der Waals surface area contributed by atoms with Gasteiger partial charge in [-0.15, -0.1) is 0 Å². The van der Waals surface area contributed by atoms with Crippen LogP contribution in [0.5, 0.6) is 0 Å². The number of nitrogens with two attached hydrogens (primary N) is 1. The molecule has 3 aromatic carbocycles. The number of halogens is 2. The average Bonchev–Trinajstić information content (AvgIpc) is 3.33. The van der Waals surface area contributed by atoms with E-state index in [9.17, 15) is 18.3 Å². The summed E-state index contributed by atoms with van der Waals surface area (Å²) in [6, 6.07) is 20.8. The molecule has 1 aliphatic rings. The van der Waals surface area contributed by atoms with E-state index >= 15 is 0 Å². The number of primary amides is 1. The molecule has 192 valence electrons. The minimum Gasteiger partial charge on any atom is -0.394 e. The Labute approximate surface area is 224 Å².